The van der Waals surface area contributed by atoms with Gasteiger partial charge >= 0.3 is 0 Å². The van der Waals surface area contributed by atoms with Crippen molar-refractivity contribution in [2.24, 2.45) is 0 Å². The molecule has 4 rings (SSSR count). The van der Waals surface area contributed by atoms with Gasteiger partial charge in [0, 0.05) is 22.0 Å². The van der Waals surface area contributed by atoms with Gasteiger partial charge in [-0.05, 0) is 30.5 Å². The molecule has 0 radical (unpaired) electrons. The van der Waals surface area contributed by atoms with Crippen LogP contribution < -0.4 is 5.73 Å². The van der Waals surface area contributed by atoms with Crippen LogP contribution in [0.15, 0.2) is 60.0 Å². The fourth-order valence-corrected chi connectivity index (χ4v) is 3.90. The van der Waals surface area contributed by atoms with Gasteiger partial charge in [0.1, 0.15) is 5.01 Å². The van der Waals surface area contributed by atoms with Gasteiger partial charge in [-0.2, -0.15) is 0 Å². The standard InChI is InChI=1S/C18H16N2S/c19-15-8-6-13(7-9-15)16-12-21-17(20-16)18(10-11-18)14-4-2-1-3-5-14/h1-9,12H,10-11,19H2. The normalized spacial score (nSPS) is 15.8. The van der Waals surface area contributed by atoms with Crippen LogP contribution in [-0.4, -0.2) is 4.98 Å². The maximum absolute atomic E-state index is 5.75. The van der Waals surface area contributed by atoms with Gasteiger partial charge in [-0.25, -0.2) is 4.98 Å². The maximum atomic E-state index is 5.75. The third kappa shape index (κ3) is 2.14. The molecular formula is C18H16N2S. The minimum absolute atomic E-state index is 0.165. The minimum Gasteiger partial charge on any atom is -0.399 e. The van der Waals surface area contributed by atoms with Crippen LogP contribution in [0.1, 0.15) is 23.4 Å². The number of nitrogens with two attached hydrogens (primary N) is 1. The molecular weight excluding hydrogens is 276 g/mol. The van der Waals surface area contributed by atoms with Crippen LogP contribution in [-0.2, 0) is 5.41 Å². The summed E-state index contributed by atoms with van der Waals surface area (Å²) in [7, 11) is 0. The first kappa shape index (κ1) is 12.6. The second-order valence-corrected chi connectivity index (χ2v) is 6.47. The fourth-order valence-electron chi connectivity index (χ4n) is 2.79. The third-order valence-electron chi connectivity index (χ3n) is 4.20. The first-order valence-corrected chi connectivity index (χ1v) is 8.03. The average molecular weight is 292 g/mol. The molecule has 104 valence electrons. The van der Waals surface area contributed by atoms with Gasteiger partial charge in [0.15, 0.2) is 0 Å². The fraction of sp³-hybridized carbons (Fsp3) is 0.167. The second-order valence-electron chi connectivity index (χ2n) is 5.61. The summed E-state index contributed by atoms with van der Waals surface area (Å²) in [6.07, 6.45) is 2.40. The Labute approximate surface area is 128 Å². The summed E-state index contributed by atoms with van der Waals surface area (Å²) in [4.78, 5) is 4.90. The Morgan fingerprint density at radius 1 is 0.952 bits per heavy atom. The predicted molar refractivity (Wildman–Crippen MR) is 88.4 cm³/mol. The minimum atomic E-state index is 0.165. The van der Waals surface area contributed by atoms with Gasteiger partial charge in [-0.3, -0.25) is 0 Å². The topological polar surface area (TPSA) is 38.9 Å². The first-order chi connectivity index (χ1) is 10.3. The monoisotopic (exact) mass is 292 g/mol. The lowest BCUT2D eigenvalue weighted by molar-refractivity contribution is 0.834. The number of aromatic nitrogens is 1. The number of rotatable bonds is 3. The Morgan fingerprint density at radius 2 is 1.67 bits per heavy atom. The molecule has 1 saturated carbocycles. The van der Waals surface area contributed by atoms with Crippen LogP contribution in [0.3, 0.4) is 0 Å². The number of hydrogen-bond acceptors (Lipinski definition) is 3. The number of thiazole rings is 1. The third-order valence-corrected chi connectivity index (χ3v) is 5.24. The Balaban J connectivity index is 1.70. The van der Waals surface area contributed by atoms with Crippen molar-refractivity contribution in [3.05, 3.63) is 70.5 Å². The summed E-state index contributed by atoms with van der Waals surface area (Å²) in [5.41, 5.74) is 10.3. The van der Waals surface area contributed by atoms with E-state index in [9.17, 15) is 0 Å². The molecule has 0 unspecified atom stereocenters. The molecule has 1 aliphatic carbocycles. The number of hydrogen-bond donors (Lipinski definition) is 1. The van der Waals surface area contributed by atoms with Gasteiger partial charge in [-0.1, -0.05) is 42.5 Å². The van der Waals surface area contributed by atoms with Crippen molar-refractivity contribution in [3.63, 3.8) is 0 Å². The van der Waals surface area contributed by atoms with Crippen molar-refractivity contribution in [3.8, 4) is 11.3 Å². The van der Waals surface area contributed by atoms with E-state index >= 15 is 0 Å². The SMILES string of the molecule is Nc1ccc(-c2csc(C3(c4ccccc4)CC3)n2)cc1. The van der Waals surface area contributed by atoms with Crippen LogP contribution >= 0.6 is 11.3 Å². The average Bonchev–Trinajstić information content (AvgIpc) is 3.20. The molecule has 3 aromatic rings. The van der Waals surface area contributed by atoms with Gasteiger partial charge < -0.3 is 5.73 Å². The predicted octanol–water partition coefficient (Wildman–Crippen LogP) is 4.47. The van der Waals surface area contributed by atoms with Gasteiger partial charge in [-0.15, -0.1) is 11.3 Å². The molecule has 1 aliphatic rings. The summed E-state index contributed by atoms with van der Waals surface area (Å²) < 4.78 is 0. The van der Waals surface area contributed by atoms with E-state index in [1.54, 1.807) is 11.3 Å². The van der Waals surface area contributed by atoms with Crippen molar-refractivity contribution >= 4 is 17.0 Å². The van der Waals surface area contributed by atoms with Gasteiger partial charge in [0.25, 0.3) is 0 Å². The van der Waals surface area contributed by atoms with E-state index in [0.717, 1.165) is 16.9 Å². The second kappa shape index (κ2) is 4.71. The van der Waals surface area contributed by atoms with Gasteiger partial charge in [0.2, 0.25) is 0 Å². The lowest BCUT2D eigenvalue weighted by Gasteiger charge is -2.12. The van der Waals surface area contributed by atoms with Gasteiger partial charge in [0.05, 0.1) is 5.69 Å². The molecule has 21 heavy (non-hydrogen) atoms. The van der Waals surface area contributed by atoms with E-state index < -0.39 is 0 Å². The summed E-state index contributed by atoms with van der Waals surface area (Å²) >= 11 is 1.77. The van der Waals surface area contributed by atoms with Crippen LogP contribution in [0.5, 0.6) is 0 Å². The molecule has 0 spiro atoms. The summed E-state index contributed by atoms with van der Waals surface area (Å²) in [5.74, 6) is 0. The Morgan fingerprint density at radius 3 is 2.33 bits per heavy atom. The molecule has 0 amide bonds. The van der Waals surface area contributed by atoms with E-state index in [-0.39, 0.29) is 5.41 Å². The number of benzene rings is 2. The zero-order chi connectivity index (χ0) is 14.3. The van der Waals surface area contributed by atoms with Crippen LogP contribution in [0.4, 0.5) is 5.69 Å². The summed E-state index contributed by atoms with van der Waals surface area (Å²) in [5, 5.41) is 3.39. The summed E-state index contributed by atoms with van der Waals surface area (Å²) in [6, 6.07) is 18.7. The zero-order valence-corrected chi connectivity index (χ0v) is 12.4. The highest BCUT2D eigenvalue weighted by Gasteiger charge is 2.48. The number of anilines is 1. The van der Waals surface area contributed by atoms with E-state index in [4.69, 9.17) is 10.7 Å². The van der Waals surface area contributed by atoms with Crippen molar-refractivity contribution in [1.29, 1.82) is 0 Å². The van der Waals surface area contributed by atoms with E-state index in [1.807, 2.05) is 24.3 Å². The molecule has 2 nitrogen and oxygen atoms in total. The molecule has 1 aromatic heterocycles. The highest BCUT2D eigenvalue weighted by molar-refractivity contribution is 7.10. The van der Waals surface area contributed by atoms with Crippen LogP contribution in [0.25, 0.3) is 11.3 Å². The molecule has 3 heteroatoms. The van der Waals surface area contributed by atoms with E-state index in [1.165, 1.54) is 23.4 Å². The molecule has 1 heterocycles. The quantitative estimate of drug-likeness (QED) is 0.723. The largest absolute Gasteiger partial charge is 0.399 e. The van der Waals surface area contributed by atoms with Crippen LogP contribution in [0.2, 0.25) is 0 Å². The smallest absolute Gasteiger partial charge is 0.104 e. The number of nitrogens with zero attached hydrogens (tertiary/aromatic N) is 1. The molecule has 1 fully saturated rings. The first-order valence-electron chi connectivity index (χ1n) is 7.15. The van der Waals surface area contributed by atoms with E-state index in [2.05, 4.69) is 35.7 Å². The molecule has 0 saturated heterocycles. The molecule has 0 aliphatic heterocycles. The molecule has 2 aromatic carbocycles. The lowest BCUT2D eigenvalue weighted by atomic mass is 9.97. The van der Waals surface area contributed by atoms with Crippen molar-refractivity contribution in [2.75, 3.05) is 5.73 Å². The van der Waals surface area contributed by atoms with Crippen molar-refractivity contribution < 1.29 is 0 Å². The van der Waals surface area contributed by atoms with Crippen LogP contribution in [0, 0.1) is 0 Å². The van der Waals surface area contributed by atoms with Crippen molar-refractivity contribution in [1.82, 2.24) is 4.98 Å². The summed E-state index contributed by atoms with van der Waals surface area (Å²) in [6.45, 7) is 0. The maximum Gasteiger partial charge on any atom is 0.104 e. The highest BCUT2D eigenvalue weighted by atomic mass is 32.1. The Bertz CT molecular complexity index is 755. The molecule has 0 atom stereocenters. The highest BCUT2D eigenvalue weighted by Crippen LogP contribution is 2.54. The molecule has 2 N–H and O–H groups in total. The molecule has 0 bridgehead atoms. The van der Waals surface area contributed by atoms with E-state index in [0.29, 0.717) is 0 Å². The Kier molecular flexibility index (Phi) is 2.82. The lowest BCUT2D eigenvalue weighted by Crippen LogP contribution is -2.07. The van der Waals surface area contributed by atoms with Crippen molar-refractivity contribution in [2.45, 2.75) is 18.3 Å². The number of nitrogen functional groups attached to an aromatic ring is 1. The Hall–Kier alpha value is -2.13. The zero-order valence-electron chi connectivity index (χ0n) is 11.6.